The number of nitrogens with one attached hydrogen (secondary N) is 2. The van der Waals surface area contributed by atoms with Gasteiger partial charge in [-0.2, -0.15) is 0 Å². The first kappa shape index (κ1) is 32.1. The summed E-state index contributed by atoms with van der Waals surface area (Å²) in [5, 5.41) is 11.0. The largest absolute Gasteiger partial charge is 0.316 e. The summed E-state index contributed by atoms with van der Waals surface area (Å²) < 4.78 is 0. The Hall–Kier alpha value is 0.217. The lowest BCUT2D eigenvalue weighted by Gasteiger charge is -2.67. The van der Waals surface area contributed by atoms with Crippen molar-refractivity contribution in [2.45, 2.75) is 156 Å². The Morgan fingerprint density at radius 1 is 0.630 bits per heavy atom. The SMILES string of the molecule is C[Si](C)(C)c1ccc(CP(C23CC4CC(CC(C4)C2)C3)C23CC4CC(CC(C4)C2)C3)c(CP(C2CCCNC2)C2CCCNC2)c1. The first-order chi connectivity index (χ1) is 22.2. The Morgan fingerprint density at radius 3 is 1.48 bits per heavy atom. The standard InChI is InChI=1S/C41H66N2P2Si/c1-46(2,3)39-9-8-35(36(18-39)27-44(37-6-4-10-42-25-37)38-7-5-11-43-26-38)28-45(40-19-29-12-30(20-40)14-31(13-29)21-40)41-22-32-15-33(23-41)17-34(16-32)24-41/h8-9,18,29-34,37-38,42-43H,4-7,10-17,19-28H2,1-3H3. The van der Waals surface area contributed by atoms with Gasteiger partial charge in [-0.15, -0.1) is 0 Å². The van der Waals surface area contributed by atoms with Gasteiger partial charge in [0.15, 0.2) is 0 Å². The van der Waals surface area contributed by atoms with E-state index >= 15 is 0 Å². The van der Waals surface area contributed by atoms with Gasteiger partial charge in [0.2, 0.25) is 0 Å². The first-order valence-corrected chi connectivity index (χ1v) is 27.0. The monoisotopic (exact) mass is 676 g/mol. The van der Waals surface area contributed by atoms with Crippen LogP contribution in [-0.2, 0) is 12.3 Å². The zero-order chi connectivity index (χ0) is 31.1. The quantitative estimate of drug-likeness (QED) is 0.201. The number of rotatable bonds is 9. The minimum absolute atomic E-state index is 0.000811. The lowest BCUT2D eigenvalue weighted by molar-refractivity contribution is 0.0184. The molecule has 2 nitrogen and oxygen atoms in total. The maximum atomic E-state index is 3.88. The molecule has 5 heteroatoms. The molecule has 11 rings (SSSR count). The smallest absolute Gasteiger partial charge is 0.0776 e. The topological polar surface area (TPSA) is 24.1 Å². The van der Waals surface area contributed by atoms with E-state index in [-0.39, 0.29) is 15.8 Å². The Kier molecular flexibility index (Phi) is 8.71. The average Bonchev–Trinajstić information content (AvgIpc) is 3.02. The zero-order valence-electron chi connectivity index (χ0n) is 29.8. The van der Waals surface area contributed by atoms with Crippen LogP contribution >= 0.6 is 15.8 Å². The summed E-state index contributed by atoms with van der Waals surface area (Å²) >= 11 is 0. The van der Waals surface area contributed by atoms with Crippen molar-refractivity contribution in [3.8, 4) is 0 Å². The van der Waals surface area contributed by atoms with E-state index in [2.05, 4.69) is 48.5 Å². The lowest BCUT2D eigenvalue weighted by atomic mass is 9.55. The number of benzene rings is 1. The molecule has 2 atom stereocenters. The molecule has 1 aromatic carbocycles. The van der Waals surface area contributed by atoms with E-state index in [9.17, 15) is 0 Å². The fourth-order valence-corrected chi connectivity index (χ4v) is 24.1. The van der Waals surface area contributed by atoms with Gasteiger partial charge in [-0.3, -0.25) is 0 Å². The minimum atomic E-state index is -1.38. The maximum Gasteiger partial charge on any atom is 0.0776 e. The predicted octanol–water partition coefficient (Wildman–Crippen LogP) is 9.64. The van der Waals surface area contributed by atoms with Crippen LogP contribution in [-0.4, -0.2) is 55.9 Å². The van der Waals surface area contributed by atoms with Gasteiger partial charge in [0, 0.05) is 13.1 Å². The molecule has 2 aliphatic heterocycles. The number of hydrogen-bond acceptors (Lipinski definition) is 2. The summed E-state index contributed by atoms with van der Waals surface area (Å²) in [4.78, 5) is 0. The van der Waals surface area contributed by atoms with E-state index in [0.29, 0.717) is 0 Å². The molecule has 8 bridgehead atoms. The van der Waals surface area contributed by atoms with Crippen LogP contribution in [0.5, 0.6) is 0 Å². The van der Waals surface area contributed by atoms with E-state index in [4.69, 9.17) is 0 Å². The first-order valence-electron chi connectivity index (χ1n) is 20.3. The molecule has 0 amide bonds. The second kappa shape index (κ2) is 12.5. The maximum absolute atomic E-state index is 3.88. The average molecular weight is 677 g/mol. The van der Waals surface area contributed by atoms with Gasteiger partial charge in [0.25, 0.3) is 0 Å². The highest BCUT2D eigenvalue weighted by Gasteiger charge is 2.62. The van der Waals surface area contributed by atoms with Crippen LogP contribution in [0.4, 0.5) is 0 Å². The van der Waals surface area contributed by atoms with E-state index in [1.54, 1.807) is 82.2 Å². The van der Waals surface area contributed by atoms with Crippen molar-refractivity contribution in [1.29, 1.82) is 0 Å². The second-order valence-corrected chi connectivity index (χ2v) is 30.7. The minimum Gasteiger partial charge on any atom is -0.316 e. The second-order valence-electron chi connectivity index (χ2n) is 19.8. The number of piperidine rings is 2. The van der Waals surface area contributed by atoms with Gasteiger partial charge in [0.1, 0.15) is 0 Å². The molecule has 2 heterocycles. The highest BCUT2D eigenvalue weighted by molar-refractivity contribution is 7.60. The van der Waals surface area contributed by atoms with E-state index in [1.165, 1.54) is 64.2 Å². The molecule has 8 saturated carbocycles. The summed E-state index contributed by atoms with van der Waals surface area (Å²) in [5.41, 5.74) is 5.58. The third-order valence-corrected chi connectivity index (χ3v) is 24.9. The van der Waals surface area contributed by atoms with Crippen LogP contribution in [0.1, 0.15) is 114 Å². The molecule has 254 valence electrons. The van der Waals surface area contributed by atoms with Crippen LogP contribution in [0.2, 0.25) is 19.6 Å². The highest BCUT2D eigenvalue weighted by atomic mass is 31.1. The zero-order valence-corrected chi connectivity index (χ0v) is 32.6. The van der Waals surface area contributed by atoms with E-state index < -0.39 is 8.07 Å². The van der Waals surface area contributed by atoms with Gasteiger partial charge in [-0.25, -0.2) is 0 Å². The van der Waals surface area contributed by atoms with Crippen molar-refractivity contribution < 1.29 is 0 Å². The molecular formula is C41H66N2P2Si. The summed E-state index contributed by atoms with van der Waals surface area (Å²) in [7, 11) is -1.40. The fourth-order valence-electron chi connectivity index (χ4n) is 14.2. The van der Waals surface area contributed by atoms with Crippen molar-refractivity contribution in [3.63, 3.8) is 0 Å². The van der Waals surface area contributed by atoms with Crippen molar-refractivity contribution in [1.82, 2.24) is 10.6 Å². The molecule has 0 radical (unpaired) electrons. The molecule has 10 aliphatic rings. The lowest BCUT2D eigenvalue weighted by Crippen LogP contribution is -2.56. The third-order valence-electron chi connectivity index (χ3n) is 15.4. The van der Waals surface area contributed by atoms with Gasteiger partial charge in [0.05, 0.1) is 8.07 Å². The molecule has 46 heavy (non-hydrogen) atoms. The molecule has 8 aliphatic carbocycles. The summed E-state index contributed by atoms with van der Waals surface area (Å²) in [6.45, 7) is 12.9. The molecule has 2 unspecified atom stereocenters. The van der Waals surface area contributed by atoms with Gasteiger partial charge in [-0.1, -0.05) is 58.9 Å². The molecule has 2 saturated heterocycles. The van der Waals surface area contributed by atoms with Crippen molar-refractivity contribution in [2.75, 3.05) is 26.2 Å². The summed E-state index contributed by atoms with van der Waals surface area (Å²) in [6, 6.07) is 8.31. The molecule has 0 spiro atoms. The predicted molar refractivity (Wildman–Crippen MR) is 204 cm³/mol. The van der Waals surface area contributed by atoms with Crippen LogP contribution < -0.4 is 15.8 Å². The molecule has 2 N–H and O–H groups in total. The molecule has 10 fully saturated rings. The summed E-state index contributed by atoms with van der Waals surface area (Å²) in [5.74, 6) is 6.52. The van der Waals surface area contributed by atoms with Crippen LogP contribution in [0.3, 0.4) is 0 Å². The van der Waals surface area contributed by atoms with Crippen LogP contribution in [0.25, 0.3) is 0 Å². The summed E-state index contributed by atoms with van der Waals surface area (Å²) in [6.07, 6.45) is 28.2. The van der Waals surface area contributed by atoms with Crippen molar-refractivity contribution >= 4 is 29.1 Å². The third kappa shape index (κ3) is 6.01. The molecular weight excluding hydrogens is 610 g/mol. The van der Waals surface area contributed by atoms with Crippen LogP contribution in [0.15, 0.2) is 18.2 Å². The normalized spacial score (nSPS) is 44.4. The Labute approximate surface area is 286 Å². The van der Waals surface area contributed by atoms with Crippen LogP contribution in [0, 0.1) is 35.5 Å². The van der Waals surface area contributed by atoms with Gasteiger partial charge in [-0.05, 0) is 196 Å². The van der Waals surface area contributed by atoms with Crippen molar-refractivity contribution in [3.05, 3.63) is 29.3 Å². The Balaban J connectivity index is 1.11. The fraction of sp³-hybridized carbons (Fsp3) is 0.854. The van der Waals surface area contributed by atoms with Gasteiger partial charge >= 0.3 is 0 Å². The molecule has 0 aromatic heterocycles. The van der Waals surface area contributed by atoms with E-state index in [1.807, 2.05) is 11.1 Å². The number of hydrogen-bond donors (Lipinski definition) is 2. The Bertz CT molecular complexity index is 1130. The highest BCUT2D eigenvalue weighted by Crippen LogP contribution is 2.79. The van der Waals surface area contributed by atoms with E-state index in [0.717, 1.165) is 57.1 Å². The molecule has 1 aromatic rings. The Morgan fingerprint density at radius 2 is 1.09 bits per heavy atom. The van der Waals surface area contributed by atoms with Crippen molar-refractivity contribution in [2.24, 2.45) is 35.5 Å². The van der Waals surface area contributed by atoms with Gasteiger partial charge < -0.3 is 10.6 Å².